The maximum Gasteiger partial charge on any atom is 0.321 e. The van der Waals surface area contributed by atoms with E-state index in [2.05, 4.69) is 16.0 Å². The van der Waals surface area contributed by atoms with Gasteiger partial charge in [-0.25, -0.2) is 13.2 Å². The largest absolute Gasteiger partial charge is 0.376 e. The van der Waals surface area contributed by atoms with Gasteiger partial charge in [-0.15, -0.1) is 0 Å². The first-order chi connectivity index (χ1) is 11.8. The molecule has 0 unspecified atom stereocenters. The molecule has 0 radical (unpaired) electrons. The van der Waals surface area contributed by atoms with E-state index in [0.29, 0.717) is 30.9 Å². The molecule has 0 aliphatic heterocycles. The molecule has 0 aliphatic rings. The standard InChI is InChI=1S/C16H26N4O4S/c1-5-17-16(22)19-15(21)11-18-13-9-8-12(4)14(10-13)25(23,24)20(6-2)7-3/h8-10,18H,5-7,11H2,1-4H3,(H2,17,19,21,22). The van der Waals surface area contributed by atoms with Gasteiger partial charge in [0.25, 0.3) is 0 Å². The summed E-state index contributed by atoms with van der Waals surface area (Å²) >= 11 is 0. The van der Waals surface area contributed by atoms with E-state index in [-0.39, 0.29) is 11.4 Å². The molecule has 0 atom stereocenters. The van der Waals surface area contributed by atoms with E-state index < -0.39 is 22.0 Å². The van der Waals surface area contributed by atoms with Crippen LogP contribution in [0.3, 0.4) is 0 Å². The van der Waals surface area contributed by atoms with E-state index in [4.69, 9.17) is 0 Å². The van der Waals surface area contributed by atoms with E-state index in [0.717, 1.165) is 0 Å². The Bertz CT molecular complexity index is 715. The first-order valence-corrected chi connectivity index (χ1v) is 9.62. The first kappa shape index (κ1) is 20.9. The minimum atomic E-state index is -3.59. The minimum Gasteiger partial charge on any atom is -0.376 e. The van der Waals surface area contributed by atoms with Crippen molar-refractivity contribution >= 4 is 27.6 Å². The third kappa shape index (κ3) is 5.71. The zero-order valence-corrected chi connectivity index (χ0v) is 15.9. The van der Waals surface area contributed by atoms with Crippen molar-refractivity contribution in [3.63, 3.8) is 0 Å². The Morgan fingerprint density at radius 2 is 1.76 bits per heavy atom. The highest BCUT2D eigenvalue weighted by molar-refractivity contribution is 7.89. The number of benzene rings is 1. The van der Waals surface area contributed by atoms with Crippen molar-refractivity contribution in [2.45, 2.75) is 32.6 Å². The lowest BCUT2D eigenvalue weighted by Gasteiger charge is -2.20. The van der Waals surface area contributed by atoms with Crippen LogP contribution >= 0.6 is 0 Å². The molecule has 0 saturated carbocycles. The summed E-state index contributed by atoms with van der Waals surface area (Å²) < 4.78 is 26.8. The van der Waals surface area contributed by atoms with Gasteiger partial charge in [0, 0.05) is 25.3 Å². The lowest BCUT2D eigenvalue weighted by atomic mass is 10.2. The van der Waals surface area contributed by atoms with Gasteiger partial charge >= 0.3 is 6.03 Å². The van der Waals surface area contributed by atoms with E-state index in [9.17, 15) is 18.0 Å². The minimum absolute atomic E-state index is 0.148. The number of rotatable bonds is 8. The molecule has 140 valence electrons. The number of hydrogen-bond acceptors (Lipinski definition) is 5. The van der Waals surface area contributed by atoms with Gasteiger partial charge < -0.3 is 10.6 Å². The van der Waals surface area contributed by atoms with Crippen LogP contribution in [-0.4, -0.2) is 50.8 Å². The number of nitrogens with zero attached hydrogens (tertiary/aromatic N) is 1. The fraction of sp³-hybridized carbons (Fsp3) is 0.500. The molecule has 1 aromatic rings. The number of imide groups is 1. The third-order valence-electron chi connectivity index (χ3n) is 3.55. The molecule has 0 aromatic heterocycles. The van der Waals surface area contributed by atoms with E-state index >= 15 is 0 Å². The van der Waals surface area contributed by atoms with Crippen LogP contribution in [0, 0.1) is 6.92 Å². The van der Waals surface area contributed by atoms with Crippen LogP contribution in [-0.2, 0) is 14.8 Å². The molecule has 0 saturated heterocycles. The average Bonchev–Trinajstić information content (AvgIpc) is 2.55. The Morgan fingerprint density at radius 3 is 2.32 bits per heavy atom. The highest BCUT2D eigenvalue weighted by atomic mass is 32.2. The van der Waals surface area contributed by atoms with Crippen molar-refractivity contribution in [1.82, 2.24) is 14.9 Å². The molecular formula is C16H26N4O4S. The van der Waals surface area contributed by atoms with Crippen molar-refractivity contribution in [2.24, 2.45) is 0 Å². The molecule has 3 N–H and O–H groups in total. The second kappa shape index (κ2) is 9.38. The second-order valence-corrected chi connectivity index (χ2v) is 7.24. The molecule has 0 bridgehead atoms. The third-order valence-corrected chi connectivity index (χ3v) is 5.75. The Morgan fingerprint density at radius 1 is 1.12 bits per heavy atom. The van der Waals surface area contributed by atoms with Crippen LogP contribution in [0.2, 0.25) is 0 Å². The van der Waals surface area contributed by atoms with Crippen LogP contribution < -0.4 is 16.0 Å². The molecule has 8 nitrogen and oxygen atoms in total. The van der Waals surface area contributed by atoms with Gasteiger partial charge in [-0.05, 0) is 31.5 Å². The predicted octanol–water partition coefficient (Wildman–Crippen LogP) is 1.28. The Balaban J connectivity index is 2.88. The van der Waals surface area contributed by atoms with E-state index in [1.165, 1.54) is 10.4 Å². The molecule has 25 heavy (non-hydrogen) atoms. The number of hydrogen-bond donors (Lipinski definition) is 3. The summed E-state index contributed by atoms with van der Waals surface area (Å²) in [6, 6.07) is 4.31. The lowest BCUT2D eigenvalue weighted by Crippen LogP contribution is -2.41. The molecule has 9 heteroatoms. The number of amides is 3. The summed E-state index contributed by atoms with van der Waals surface area (Å²) in [6.45, 7) is 8.06. The quantitative estimate of drug-likeness (QED) is 0.639. The predicted molar refractivity (Wildman–Crippen MR) is 97.0 cm³/mol. The fourth-order valence-corrected chi connectivity index (χ4v) is 3.96. The SMILES string of the molecule is CCNC(=O)NC(=O)CNc1ccc(C)c(S(=O)(=O)N(CC)CC)c1. The van der Waals surface area contributed by atoms with Gasteiger partial charge in [0.1, 0.15) is 0 Å². The summed E-state index contributed by atoms with van der Waals surface area (Å²) in [6.07, 6.45) is 0. The lowest BCUT2D eigenvalue weighted by molar-refractivity contribution is -0.118. The van der Waals surface area contributed by atoms with Crippen LogP contribution in [0.1, 0.15) is 26.3 Å². The van der Waals surface area contributed by atoms with Gasteiger partial charge in [-0.1, -0.05) is 19.9 Å². The number of carbonyl (C=O) groups is 2. The van der Waals surface area contributed by atoms with Crippen LogP contribution in [0.5, 0.6) is 0 Å². The van der Waals surface area contributed by atoms with Crippen molar-refractivity contribution < 1.29 is 18.0 Å². The number of nitrogens with one attached hydrogen (secondary N) is 3. The number of carbonyl (C=O) groups excluding carboxylic acids is 2. The second-order valence-electron chi connectivity index (χ2n) is 5.33. The molecule has 3 amide bonds. The maximum atomic E-state index is 12.7. The topological polar surface area (TPSA) is 108 Å². The molecule has 1 aromatic carbocycles. The number of anilines is 1. The normalized spacial score (nSPS) is 11.2. The molecule has 0 fully saturated rings. The Kier molecular flexibility index (Phi) is 7.85. The number of aryl methyl sites for hydroxylation is 1. The molecule has 1 rings (SSSR count). The summed E-state index contributed by atoms with van der Waals surface area (Å²) in [7, 11) is -3.59. The van der Waals surface area contributed by atoms with Gasteiger partial charge in [-0.2, -0.15) is 4.31 Å². The van der Waals surface area contributed by atoms with Crippen molar-refractivity contribution in [3.8, 4) is 0 Å². The number of urea groups is 1. The highest BCUT2D eigenvalue weighted by Crippen LogP contribution is 2.23. The van der Waals surface area contributed by atoms with Crippen LogP contribution in [0.15, 0.2) is 23.1 Å². The summed E-state index contributed by atoms with van der Waals surface area (Å²) in [5.41, 5.74) is 1.12. The summed E-state index contributed by atoms with van der Waals surface area (Å²) in [4.78, 5) is 23.2. The molecule has 0 spiro atoms. The molecule has 0 heterocycles. The first-order valence-electron chi connectivity index (χ1n) is 8.18. The smallest absolute Gasteiger partial charge is 0.321 e. The van der Waals surface area contributed by atoms with Crippen molar-refractivity contribution in [3.05, 3.63) is 23.8 Å². The van der Waals surface area contributed by atoms with Crippen LogP contribution in [0.4, 0.5) is 10.5 Å². The average molecular weight is 370 g/mol. The Labute approximate surface area is 149 Å². The molecule has 0 aliphatic carbocycles. The maximum absolute atomic E-state index is 12.7. The van der Waals surface area contributed by atoms with Crippen molar-refractivity contribution in [1.29, 1.82) is 0 Å². The van der Waals surface area contributed by atoms with E-state index in [1.807, 2.05) is 0 Å². The summed E-state index contributed by atoms with van der Waals surface area (Å²) in [5, 5.41) is 7.45. The van der Waals surface area contributed by atoms with Gasteiger partial charge in [0.15, 0.2) is 0 Å². The van der Waals surface area contributed by atoms with Gasteiger partial charge in [0.05, 0.1) is 11.4 Å². The zero-order valence-electron chi connectivity index (χ0n) is 15.0. The van der Waals surface area contributed by atoms with Crippen LogP contribution in [0.25, 0.3) is 0 Å². The fourth-order valence-electron chi connectivity index (χ4n) is 2.25. The number of sulfonamides is 1. The summed E-state index contributed by atoms with van der Waals surface area (Å²) in [5.74, 6) is -0.514. The van der Waals surface area contributed by atoms with E-state index in [1.54, 1.807) is 39.8 Å². The van der Waals surface area contributed by atoms with Gasteiger partial charge in [0.2, 0.25) is 15.9 Å². The Hall–Kier alpha value is -2.13. The molecular weight excluding hydrogens is 344 g/mol. The highest BCUT2D eigenvalue weighted by Gasteiger charge is 2.23. The van der Waals surface area contributed by atoms with Crippen molar-refractivity contribution in [2.75, 3.05) is 31.5 Å². The monoisotopic (exact) mass is 370 g/mol. The van der Waals surface area contributed by atoms with Gasteiger partial charge in [-0.3, -0.25) is 10.1 Å². The zero-order chi connectivity index (χ0) is 19.0.